The van der Waals surface area contributed by atoms with Crippen molar-refractivity contribution in [3.63, 3.8) is 0 Å². The van der Waals surface area contributed by atoms with E-state index in [2.05, 4.69) is 21.6 Å². The molecule has 0 unspecified atom stereocenters. The fourth-order valence-electron chi connectivity index (χ4n) is 2.54. The van der Waals surface area contributed by atoms with E-state index in [1.807, 2.05) is 61.5 Å². The van der Waals surface area contributed by atoms with Crippen LogP contribution in [-0.4, -0.2) is 10.3 Å². The van der Waals surface area contributed by atoms with Gasteiger partial charge in [-0.25, -0.2) is 4.99 Å². The second kappa shape index (κ2) is 8.17. The molecule has 2 aromatic carbocycles. The minimum absolute atomic E-state index is 0.678. The summed E-state index contributed by atoms with van der Waals surface area (Å²) in [6.07, 6.45) is 1.87. The Labute approximate surface area is 161 Å². The summed E-state index contributed by atoms with van der Waals surface area (Å²) in [4.78, 5) is 5.70. The van der Waals surface area contributed by atoms with Crippen LogP contribution in [0.4, 0.5) is 5.69 Å². The van der Waals surface area contributed by atoms with Crippen molar-refractivity contribution < 1.29 is 0 Å². The van der Waals surface area contributed by atoms with Gasteiger partial charge in [-0.15, -0.1) is 17.9 Å². The van der Waals surface area contributed by atoms with E-state index in [0.29, 0.717) is 6.54 Å². The van der Waals surface area contributed by atoms with Crippen molar-refractivity contribution in [3.05, 3.63) is 82.0 Å². The van der Waals surface area contributed by atoms with E-state index in [-0.39, 0.29) is 0 Å². The first-order valence-electron chi connectivity index (χ1n) is 8.07. The molecule has 6 heteroatoms. The predicted molar refractivity (Wildman–Crippen MR) is 111 cm³/mol. The number of hydrogen-bond donors (Lipinski definition) is 1. The molecule has 0 amide bonds. The minimum atomic E-state index is 0.678. The molecular weight excluding hydrogens is 364 g/mol. The van der Waals surface area contributed by atoms with Gasteiger partial charge in [0.05, 0.1) is 17.1 Å². The molecule has 2 N–H and O–H groups in total. The molecule has 0 atom stereocenters. The van der Waals surface area contributed by atoms with Gasteiger partial charge in [0.25, 0.3) is 0 Å². The Bertz CT molecular complexity index is 996. The summed E-state index contributed by atoms with van der Waals surface area (Å²) in [7, 11) is 0. The highest BCUT2D eigenvalue weighted by molar-refractivity contribution is 7.07. The first kappa shape index (κ1) is 18.2. The van der Waals surface area contributed by atoms with Crippen molar-refractivity contribution in [3.8, 4) is 11.3 Å². The Morgan fingerprint density at radius 2 is 1.88 bits per heavy atom. The summed E-state index contributed by atoms with van der Waals surface area (Å²) in [5.74, 6) is 5.33. The largest absolute Gasteiger partial charge is 0.323 e. The van der Waals surface area contributed by atoms with Gasteiger partial charge >= 0.3 is 0 Å². The van der Waals surface area contributed by atoms with Crippen LogP contribution < -0.4 is 10.6 Å². The van der Waals surface area contributed by atoms with E-state index in [9.17, 15) is 0 Å². The molecule has 0 fully saturated rings. The zero-order valence-electron chi connectivity index (χ0n) is 14.4. The molecule has 0 spiro atoms. The van der Waals surface area contributed by atoms with E-state index in [0.717, 1.165) is 38.0 Å². The van der Waals surface area contributed by atoms with Crippen LogP contribution in [0.15, 0.2) is 76.7 Å². The van der Waals surface area contributed by atoms with Gasteiger partial charge in [-0.05, 0) is 42.3 Å². The summed E-state index contributed by atoms with van der Waals surface area (Å²) in [5, 5.41) is 6.54. The lowest BCUT2D eigenvalue weighted by Gasteiger charge is -2.07. The van der Waals surface area contributed by atoms with Gasteiger partial charge in [-0.3, -0.25) is 0 Å². The minimum Gasteiger partial charge on any atom is -0.323 e. The molecule has 4 nitrogen and oxygen atoms in total. The molecule has 3 rings (SSSR count). The SMILES string of the molecule is C=CCn1c(-c2ccc(Cl)cc2)csc1=Nc1ccc(/C(C)=N\N)cc1. The molecule has 0 saturated heterocycles. The normalized spacial score (nSPS) is 12.4. The maximum atomic E-state index is 6.00. The monoisotopic (exact) mass is 382 g/mol. The average Bonchev–Trinajstić information content (AvgIpc) is 3.05. The first-order valence-corrected chi connectivity index (χ1v) is 9.33. The van der Waals surface area contributed by atoms with Crippen molar-refractivity contribution in [1.82, 2.24) is 4.57 Å². The van der Waals surface area contributed by atoms with Crippen molar-refractivity contribution in [2.24, 2.45) is 15.9 Å². The van der Waals surface area contributed by atoms with Gasteiger partial charge < -0.3 is 10.4 Å². The smallest absolute Gasteiger partial charge is 0.190 e. The molecule has 26 heavy (non-hydrogen) atoms. The van der Waals surface area contributed by atoms with Crippen LogP contribution in [0.5, 0.6) is 0 Å². The predicted octanol–water partition coefficient (Wildman–Crippen LogP) is 4.97. The van der Waals surface area contributed by atoms with E-state index >= 15 is 0 Å². The van der Waals surface area contributed by atoms with Crippen LogP contribution in [0.25, 0.3) is 11.3 Å². The zero-order valence-corrected chi connectivity index (χ0v) is 16.0. The molecule has 1 heterocycles. The Morgan fingerprint density at radius 3 is 2.50 bits per heavy atom. The average molecular weight is 383 g/mol. The Balaban J connectivity index is 2.03. The molecule has 0 aliphatic carbocycles. The van der Waals surface area contributed by atoms with Gasteiger partial charge in [0, 0.05) is 16.9 Å². The maximum Gasteiger partial charge on any atom is 0.190 e. The summed E-state index contributed by atoms with van der Waals surface area (Å²) in [6, 6.07) is 15.7. The molecular formula is C20H19ClN4S. The maximum absolute atomic E-state index is 6.00. The number of hydrogen-bond acceptors (Lipinski definition) is 4. The lowest BCUT2D eigenvalue weighted by atomic mass is 10.1. The summed E-state index contributed by atoms with van der Waals surface area (Å²) >= 11 is 7.60. The molecule has 0 bridgehead atoms. The molecule has 0 aliphatic heterocycles. The highest BCUT2D eigenvalue weighted by atomic mass is 35.5. The zero-order chi connectivity index (χ0) is 18.5. The molecule has 132 valence electrons. The van der Waals surface area contributed by atoms with Crippen LogP contribution in [0.2, 0.25) is 5.02 Å². The van der Waals surface area contributed by atoms with E-state index < -0.39 is 0 Å². The van der Waals surface area contributed by atoms with Crippen LogP contribution >= 0.6 is 22.9 Å². The fourth-order valence-corrected chi connectivity index (χ4v) is 3.60. The number of nitrogens with zero attached hydrogens (tertiary/aromatic N) is 3. The quantitative estimate of drug-likeness (QED) is 0.288. The van der Waals surface area contributed by atoms with Crippen LogP contribution in [-0.2, 0) is 6.54 Å². The molecule has 1 aromatic heterocycles. The van der Waals surface area contributed by atoms with Gasteiger partial charge in [0.15, 0.2) is 4.80 Å². The van der Waals surface area contributed by atoms with Crippen LogP contribution in [0.3, 0.4) is 0 Å². The molecule has 0 saturated carbocycles. The number of benzene rings is 2. The van der Waals surface area contributed by atoms with Crippen LogP contribution in [0, 0.1) is 0 Å². The number of allylic oxidation sites excluding steroid dienone is 1. The highest BCUT2D eigenvalue weighted by Crippen LogP contribution is 2.23. The molecule has 3 aromatic rings. The lowest BCUT2D eigenvalue weighted by Crippen LogP contribution is -2.14. The summed E-state index contributed by atoms with van der Waals surface area (Å²) in [5.41, 5.74) is 4.84. The second-order valence-electron chi connectivity index (χ2n) is 5.68. The number of aromatic nitrogens is 1. The molecule has 0 radical (unpaired) electrons. The van der Waals surface area contributed by atoms with Gasteiger partial charge in [0.1, 0.15) is 0 Å². The van der Waals surface area contributed by atoms with Crippen molar-refractivity contribution in [1.29, 1.82) is 0 Å². The number of rotatable bonds is 5. The third kappa shape index (κ3) is 3.95. The first-order chi connectivity index (χ1) is 12.6. The third-order valence-electron chi connectivity index (χ3n) is 3.95. The topological polar surface area (TPSA) is 55.7 Å². The summed E-state index contributed by atoms with van der Waals surface area (Å²) in [6.45, 7) is 6.42. The Morgan fingerprint density at radius 1 is 1.19 bits per heavy atom. The lowest BCUT2D eigenvalue weighted by molar-refractivity contribution is 0.800. The number of thiazole rings is 1. The van der Waals surface area contributed by atoms with Crippen molar-refractivity contribution in [2.45, 2.75) is 13.5 Å². The van der Waals surface area contributed by atoms with Gasteiger partial charge in [-0.2, -0.15) is 5.10 Å². The third-order valence-corrected chi connectivity index (χ3v) is 5.07. The standard InChI is InChI=1S/C20H19ClN4S/c1-3-12-25-19(16-4-8-17(21)9-5-16)13-26-20(25)23-18-10-6-15(7-11-18)14(2)24-22/h3-11,13H,1,12,22H2,2H3/b23-20?,24-14-. The van der Waals surface area contributed by atoms with Crippen LogP contribution in [0.1, 0.15) is 12.5 Å². The summed E-state index contributed by atoms with van der Waals surface area (Å²) < 4.78 is 2.14. The van der Waals surface area contributed by atoms with E-state index in [1.54, 1.807) is 11.3 Å². The number of halogens is 1. The highest BCUT2D eigenvalue weighted by Gasteiger charge is 2.07. The van der Waals surface area contributed by atoms with E-state index in [1.165, 1.54) is 0 Å². The van der Waals surface area contributed by atoms with Crippen molar-refractivity contribution >= 4 is 34.3 Å². The van der Waals surface area contributed by atoms with E-state index in [4.69, 9.17) is 22.4 Å². The Hall–Kier alpha value is -2.63. The van der Waals surface area contributed by atoms with Gasteiger partial charge in [-0.1, -0.05) is 41.9 Å². The fraction of sp³-hybridized carbons (Fsp3) is 0.100. The molecule has 0 aliphatic rings. The van der Waals surface area contributed by atoms with Gasteiger partial charge in [0.2, 0.25) is 0 Å². The van der Waals surface area contributed by atoms with Crippen molar-refractivity contribution in [2.75, 3.05) is 0 Å². The number of nitrogens with two attached hydrogens (primary N) is 1. The Kier molecular flexibility index (Phi) is 5.71. The number of hydrazone groups is 1. The second-order valence-corrected chi connectivity index (χ2v) is 6.96.